The van der Waals surface area contributed by atoms with Crippen LogP contribution in [0.3, 0.4) is 0 Å². The maximum Gasteiger partial charge on any atom is 0.244 e. The molecule has 1 aliphatic carbocycles. The third-order valence-electron chi connectivity index (χ3n) is 5.26. The zero-order chi connectivity index (χ0) is 18.4. The predicted octanol–water partition coefficient (Wildman–Crippen LogP) is 5.07. The van der Waals surface area contributed by atoms with E-state index >= 15 is 0 Å². The van der Waals surface area contributed by atoms with Crippen LogP contribution in [0.25, 0.3) is 0 Å². The number of hydrogen-bond donors (Lipinski definition) is 1. The van der Waals surface area contributed by atoms with Crippen LogP contribution >= 0.6 is 0 Å². The molecule has 1 unspecified atom stereocenters. The molecule has 3 rings (SSSR count). The van der Waals surface area contributed by atoms with Crippen molar-refractivity contribution in [3.8, 4) is 0 Å². The van der Waals surface area contributed by atoms with Crippen LogP contribution in [0.1, 0.15) is 57.1 Å². The van der Waals surface area contributed by atoms with Crippen LogP contribution in [0.4, 0.5) is 0 Å². The molecule has 1 fully saturated rings. The SMILES string of the molecule is CCCC(CCC)=NNC(=O)C1CC1(c1ccccc1)c1ccccc1. The Hall–Kier alpha value is -2.42. The molecular weight excluding hydrogens is 320 g/mol. The Kier molecular flexibility index (Phi) is 5.87. The minimum absolute atomic E-state index is 0.0300. The van der Waals surface area contributed by atoms with Crippen molar-refractivity contribution in [3.63, 3.8) is 0 Å². The van der Waals surface area contributed by atoms with Crippen LogP contribution in [0.15, 0.2) is 65.8 Å². The van der Waals surface area contributed by atoms with Crippen molar-refractivity contribution in [1.82, 2.24) is 5.43 Å². The van der Waals surface area contributed by atoms with E-state index in [2.05, 4.69) is 48.6 Å². The first-order valence-corrected chi connectivity index (χ1v) is 9.68. The van der Waals surface area contributed by atoms with Crippen molar-refractivity contribution in [1.29, 1.82) is 0 Å². The Morgan fingerprint density at radius 2 is 1.46 bits per heavy atom. The number of nitrogens with one attached hydrogen (secondary N) is 1. The van der Waals surface area contributed by atoms with Crippen LogP contribution in [0, 0.1) is 5.92 Å². The van der Waals surface area contributed by atoms with E-state index in [1.54, 1.807) is 0 Å². The van der Waals surface area contributed by atoms with E-state index in [-0.39, 0.29) is 17.2 Å². The summed E-state index contributed by atoms with van der Waals surface area (Å²) in [7, 11) is 0. The highest BCUT2D eigenvalue weighted by Gasteiger charge is 2.60. The normalized spacial score (nSPS) is 17.4. The zero-order valence-electron chi connectivity index (χ0n) is 15.7. The predicted molar refractivity (Wildman–Crippen MR) is 107 cm³/mol. The van der Waals surface area contributed by atoms with Gasteiger partial charge >= 0.3 is 0 Å². The molecule has 3 nitrogen and oxygen atoms in total. The Balaban J connectivity index is 1.82. The molecule has 2 aromatic carbocycles. The molecule has 3 heteroatoms. The first-order chi connectivity index (χ1) is 12.7. The van der Waals surface area contributed by atoms with E-state index in [0.717, 1.165) is 37.8 Å². The van der Waals surface area contributed by atoms with Crippen molar-refractivity contribution >= 4 is 11.6 Å². The van der Waals surface area contributed by atoms with E-state index in [0.29, 0.717) is 0 Å². The lowest BCUT2D eigenvalue weighted by Crippen LogP contribution is -2.26. The van der Waals surface area contributed by atoms with Crippen LogP contribution in [-0.4, -0.2) is 11.6 Å². The third kappa shape index (κ3) is 3.72. The van der Waals surface area contributed by atoms with Gasteiger partial charge in [-0.1, -0.05) is 87.4 Å². The number of nitrogens with zero attached hydrogens (tertiary/aromatic N) is 1. The lowest BCUT2D eigenvalue weighted by molar-refractivity contribution is -0.122. The maximum atomic E-state index is 12.9. The minimum Gasteiger partial charge on any atom is -0.273 e. The van der Waals surface area contributed by atoms with Crippen molar-refractivity contribution in [2.45, 2.75) is 51.4 Å². The second-order valence-corrected chi connectivity index (χ2v) is 7.11. The smallest absolute Gasteiger partial charge is 0.244 e. The highest BCUT2D eigenvalue weighted by molar-refractivity contribution is 5.89. The molecule has 0 radical (unpaired) electrons. The van der Waals surface area contributed by atoms with Gasteiger partial charge in [0.2, 0.25) is 5.91 Å². The number of carbonyl (C=O) groups excluding carboxylic acids is 1. The summed E-state index contributed by atoms with van der Waals surface area (Å²) < 4.78 is 0. The third-order valence-corrected chi connectivity index (χ3v) is 5.26. The van der Waals surface area contributed by atoms with E-state index in [4.69, 9.17) is 0 Å². The van der Waals surface area contributed by atoms with Crippen LogP contribution in [0.5, 0.6) is 0 Å². The quantitative estimate of drug-likeness (QED) is 0.525. The van der Waals surface area contributed by atoms with Gasteiger partial charge in [-0.15, -0.1) is 0 Å². The molecule has 0 spiro atoms. The van der Waals surface area contributed by atoms with Gasteiger partial charge in [0.05, 0.1) is 5.92 Å². The number of amides is 1. The zero-order valence-corrected chi connectivity index (χ0v) is 15.7. The maximum absolute atomic E-state index is 12.9. The molecule has 0 aromatic heterocycles. The fourth-order valence-electron chi connectivity index (χ4n) is 3.88. The molecule has 0 bridgehead atoms. The largest absolute Gasteiger partial charge is 0.273 e. The Bertz CT molecular complexity index is 705. The van der Waals surface area contributed by atoms with Crippen molar-refractivity contribution in [3.05, 3.63) is 71.8 Å². The van der Waals surface area contributed by atoms with Gasteiger partial charge in [-0.25, -0.2) is 5.43 Å². The van der Waals surface area contributed by atoms with Gasteiger partial charge in [0.15, 0.2) is 0 Å². The summed E-state index contributed by atoms with van der Waals surface area (Å²) in [6.45, 7) is 4.29. The number of hydrazone groups is 1. The standard InChI is InChI=1S/C23H28N2O/c1-3-11-20(12-4-2)24-25-22(26)21-17-23(21,18-13-7-5-8-14-18)19-15-9-6-10-16-19/h5-10,13-16,21H,3-4,11-12,17H2,1-2H3,(H,25,26). The summed E-state index contributed by atoms with van der Waals surface area (Å²) in [6, 6.07) is 20.7. The van der Waals surface area contributed by atoms with E-state index in [9.17, 15) is 4.79 Å². The Morgan fingerprint density at radius 1 is 0.962 bits per heavy atom. The lowest BCUT2D eigenvalue weighted by atomic mass is 9.85. The summed E-state index contributed by atoms with van der Waals surface area (Å²) in [5.41, 5.74) is 6.14. The molecule has 1 aliphatic rings. The molecule has 0 aliphatic heterocycles. The molecule has 0 saturated heterocycles. The first kappa shape index (κ1) is 18.4. The lowest BCUT2D eigenvalue weighted by Gasteiger charge is -2.18. The summed E-state index contributed by atoms with van der Waals surface area (Å²) >= 11 is 0. The molecule has 1 N–H and O–H groups in total. The molecule has 1 atom stereocenters. The van der Waals surface area contributed by atoms with E-state index in [1.807, 2.05) is 36.4 Å². The Morgan fingerprint density at radius 3 is 1.92 bits per heavy atom. The van der Waals surface area contributed by atoms with Crippen molar-refractivity contribution in [2.75, 3.05) is 0 Å². The van der Waals surface area contributed by atoms with E-state index < -0.39 is 0 Å². The van der Waals surface area contributed by atoms with Crippen LogP contribution in [0.2, 0.25) is 0 Å². The first-order valence-electron chi connectivity index (χ1n) is 9.68. The van der Waals surface area contributed by atoms with Gasteiger partial charge in [-0.3, -0.25) is 4.79 Å². The minimum atomic E-state index is -0.224. The topological polar surface area (TPSA) is 41.5 Å². The average Bonchev–Trinajstić information content (AvgIpc) is 3.45. The fraction of sp³-hybridized carbons (Fsp3) is 0.391. The van der Waals surface area contributed by atoms with E-state index in [1.165, 1.54) is 11.1 Å². The van der Waals surface area contributed by atoms with Gasteiger partial charge in [-0.05, 0) is 30.4 Å². The summed E-state index contributed by atoms with van der Waals surface area (Å²) in [4.78, 5) is 12.9. The number of rotatable bonds is 8. The average molecular weight is 348 g/mol. The van der Waals surface area contributed by atoms with Gasteiger partial charge in [0, 0.05) is 11.1 Å². The molecule has 1 saturated carbocycles. The second-order valence-electron chi connectivity index (χ2n) is 7.11. The Labute approximate surface area is 156 Å². The summed E-state index contributed by atoms with van der Waals surface area (Å²) in [5.74, 6) is -0.0389. The molecule has 26 heavy (non-hydrogen) atoms. The van der Waals surface area contributed by atoms with Crippen LogP contribution in [-0.2, 0) is 10.2 Å². The molecule has 136 valence electrons. The molecule has 0 heterocycles. The highest BCUT2D eigenvalue weighted by atomic mass is 16.2. The number of benzene rings is 2. The second kappa shape index (κ2) is 8.31. The van der Waals surface area contributed by atoms with Crippen molar-refractivity contribution in [2.24, 2.45) is 11.0 Å². The number of carbonyl (C=O) groups is 1. The molecule has 1 amide bonds. The molecule has 2 aromatic rings. The van der Waals surface area contributed by atoms with Gasteiger partial charge < -0.3 is 0 Å². The van der Waals surface area contributed by atoms with Crippen molar-refractivity contribution < 1.29 is 4.79 Å². The van der Waals surface area contributed by atoms with Gasteiger partial charge in [0.25, 0.3) is 0 Å². The van der Waals surface area contributed by atoms with Crippen LogP contribution < -0.4 is 5.43 Å². The summed E-state index contributed by atoms with van der Waals surface area (Å²) in [6.07, 6.45) is 4.83. The van der Waals surface area contributed by atoms with Gasteiger partial charge in [-0.2, -0.15) is 5.10 Å². The van der Waals surface area contributed by atoms with Gasteiger partial charge in [0.1, 0.15) is 0 Å². The molecular formula is C23H28N2O. The fourth-order valence-corrected chi connectivity index (χ4v) is 3.88. The monoisotopic (exact) mass is 348 g/mol. The highest BCUT2D eigenvalue weighted by Crippen LogP contribution is 2.58. The summed E-state index contributed by atoms with van der Waals surface area (Å²) in [5, 5.41) is 4.43. The number of hydrogen-bond acceptors (Lipinski definition) is 2.